The Morgan fingerprint density at radius 1 is 1.08 bits per heavy atom. The normalized spacial score (nSPS) is 27.0. The first-order chi connectivity index (χ1) is 12.0. The number of amides is 2. The van der Waals surface area contributed by atoms with Crippen LogP contribution in [-0.4, -0.2) is 41.9 Å². The summed E-state index contributed by atoms with van der Waals surface area (Å²) in [5.41, 5.74) is 6.37. The number of carbonyl (C=O) groups excluding carboxylic acids is 2. The van der Waals surface area contributed by atoms with Crippen molar-refractivity contribution in [1.29, 1.82) is 0 Å². The number of nitrogens with one attached hydrogen (secondary N) is 1. The lowest BCUT2D eigenvalue weighted by atomic mass is 9.90. The van der Waals surface area contributed by atoms with Crippen molar-refractivity contribution in [1.82, 2.24) is 10.2 Å². The molecular weight excluding hydrogens is 321 g/mol. The summed E-state index contributed by atoms with van der Waals surface area (Å²) in [6.07, 6.45) is 5.36. The van der Waals surface area contributed by atoms with Crippen molar-refractivity contribution in [2.24, 2.45) is 11.7 Å². The topological polar surface area (TPSA) is 75.4 Å². The summed E-state index contributed by atoms with van der Waals surface area (Å²) in [6, 6.07) is 6.02. The van der Waals surface area contributed by atoms with Gasteiger partial charge in [-0.15, -0.1) is 0 Å². The molecule has 6 heteroatoms. The molecule has 1 aliphatic carbocycles. The molecule has 1 atom stereocenters. The average molecular weight is 347 g/mol. The van der Waals surface area contributed by atoms with Crippen molar-refractivity contribution in [2.75, 3.05) is 13.1 Å². The summed E-state index contributed by atoms with van der Waals surface area (Å²) < 4.78 is 13.0. The Morgan fingerprint density at radius 3 is 2.44 bits per heavy atom. The summed E-state index contributed by atoms with van der Waals surface area (Å²) in [5, 5.41) is 3.13. The highest BCUT2D eigenvalue weighted by Crippen LogP contribution is 2.21. The van der Waals surface area contributed by atoms with E-state index in [4.69, 9.17) is 5.73 Å². The van der Waals surface area contributed by atoms with Crippen molar-refractivity contribution in [2.45, 2.75) is 50.6 Å². The fraction of sp³-hybridized carbons (Fsp3) is 0.579. The summed E-state index contributed by atoms with van der Waals surface area (Å²) in [6.45, 7) is 1.06. The third-order valence-electron chi connectivity index (χ3n) is 5.29. The van der Waals surface area contributed by atoms with E-state index in [0.717, 1.165) is 38.5 Å². The van der Waals surface area contributed by atoms with E-state index >= 15 is 0 Å². The Balaban J connectivity index is 1.56. The molecule has 1 saturated heterocycles. The first-order valence-electron chi connectivity index (χ1n) is 9.13. The third-order valence-corrected chi connectivity index (χ3v) is 5.29. The van der Waals surface area contributed by atoms with Gasteiger partial charge >= 0.3 is 0 Å². The zero-order valence-electron chi connectivity index (χ0n) is 14.4. The number of benzene rings is 1. The molecule has 3 N–H and O–H groups in total. The van der Waals surface area contributed by atoms with E-state index in [1.165, 1.54) is 24.3 Å². The molecule has 2 fully saturated rings. The molecule has 2 aliphatic rings. The number of piperidine rings is 1. The molecular formula is C19H26FN3O2. The highest BCUT2D eigenvalue weighted by Gasteiger charge is 2.30. The fourth-order valence-electron chi connectivity index (χ4n) is 3.73. The van der Waals surface area contributed by atoms with Crippen LogP contribution >= 0.6 is 0 Å². The minimum absolute atomic E-state index is 0.0390. The molecule has 1 aromatic carbocycles. The van der Waals surface area contributed by atoms with Gasteiger partial charge in [-0.2, -0.15) is 0 Å². The van der Waals surface area contributed by atoms with Crippen LogP contribution in [0.2, 0.25) is 0 Å². The maximum atomic E-state index is 13.0. The van der Waals surface area contributed by atoms with Crippen LogP contribution < -0.4 is 11.1 Å². The first-order valence-corrected chi connectivity index (χ1v) is 9.13. The highest BCUT2D eigenvalue weighted by molar-refractivity contribution is 5.94. The molecule has 1 aliphatic heterocycles. The van der Waals surface area contributed by atoms with Gasteiger partial charge in [0.1, 0.15) is 5.82 Å². The molecule has 1 heterocycles. The Kier molecular flexibility index (Phi) is 5.68. The number of likely N-dealkylation sites (tertiary alicyclic amines) is 1. The average Bonchev–Trinajstić information content (AvgIpc) is 2.64. The summed E-state index contributed by atoms with van der Waals surface area (Å²) >= 11 is 0. The van der Waals surface area contributed by atoms with Crippen molar-refractivity contribution in [3.05, 3.63) is 35.6 Å². The molecule has 25 heavy (non-hydrogen) atoms. The van der Waals surface area contributed by atoms with Gasteiger partial charge in [0.2, 0.25) is 5.91 Å². The van der Waals surface area contributed by atoms with E-state index in [1.54, 1.807) is 4.90 Å². The molecule has 136 valence electrons. The lowest BCUT2D eigenvalue weighted by Crippen LogP contribution is -2.48. The third kappa shape index (κ3) is 4.57. The van der Waals surface area contributed by atoms with E-state index < -0.39 is 0 Å². The van der Waals surface area contributed by atoms with Crippen LogP contribution in [0.1, 0.15) is 48.9 Å². The Bertz CT molecular complexity index is 612. The summed E-state index contributed by atoms with van der Waals surface area (Å²) in [5.74, 6) is -0.633. The molecule has 5 nitrogen and oxygen atoms in total. The Hall–Kier alpha value is -1.95. The van der Waals surface area contributed by atoms with Gasteiger partial charge in [-0.1, -0.05) is 0 Å². The van der Waals surface area contributed by atoms with Crippen LogP contribution in [0.25, 0.3) is 0 Å². The molecule has 0 bridgehead atoms. The molecule has 1 aromatic rings. The molecule has 0 radical (unpaired) electrons. The predicted octanol–water partition coefficient (Wildman–Crippen LogP) is 2.06. The van der Waals surface area contributed by atoms with Crippen molar-refractivity contribution in [3.8, 4) is 0 Å². The smallest absolute Gasteiger partial charge is 0.253 e. The lowest BCUT2D eigenvalue weighted by Gasteiger charge is -2.34. The second-order valence-electron chi connectivity index (χ2n) is 7.22. The standard InChI is InChI=1S/C19H26FN3O2/c20-15-5-3-13(4-6-15)19(25)23-11-1-2-14(12-23)18(24)22-17-9-7-16(21)8-10-17/h3-6,14,16-17H,1-2,7-12,21H2,(H,22,24). The first kappa shape index (κ1) is 17.9. The largest absolute Gasteiger partial charge is 0.353 e. The zero-order valence-corrected chi connectivity index (χ0v) is 14.4. The number of halogens is 1. The van der Waals surface area contributed by atoms with Crippen molar-refractivity contribution in [3.63, 3.8) is 0 Å². The SMILES string of the molecule is NC1CCC(NC(=O)C2CCCN(C(=O)c3ccc(F)cc3)C2)CC1. The number of nitrogens with zero attached hydrogens (tertiary/aromatic N) is 1. The van der Waals surface area contributed by atoms with Crippen LogP contribution in [0.5, 0.6) is 0 Å². The predicted molar refractivity (Wildman–Crippen MR) is 93.4 cm³/mol. The van der Waals surface area contributed by atoms with Crippen LogP contribution in [0.15, 0.2) is 24.3 Å². The number of rotatable bonds is 3. The summed E-state index contributed by atoms with van der Waals surface area (Å²) in [7, 11) is 0. The van der Waals surface area contributed by atoms with Crippen LogP contribution in [0.3, 0.4) is 0 Å². The Morgan fingerprint density at radius 2 is 1.76 bits per heavy atom. The fourth-order valence-corrected chi connectivity index (χ4v) is 3.73. The lowest BCUT2D eigenvalue weighted by molar-refractivity contribution is -0.127. The monoisotopic (exact) mass is 347 g/mol. The van der Waals surface area contributed by atoms with Gasteiger partial charge in [-0.05, 0) is 62.8 Å². The van der Waals surface area contributed by atoms with E-state index in [9.17, 15) is 14.0 Å². The minimum atomic E-state index is -0.361. The number of nitrogens with two attached hydrogens (primary N) is 1. The van der Waals surface area contributed by atoms with Gasteiger partial charge in [0.15, 0.2) is 0 Å². The zero-order chi connectivity index (χ0) is 17.8. The molecule has 0 spiro atoms. The second-order valence-corrected chi connectivity index (χ2v) is 7.22. The summed E-state index contributed by atoms with van der Waals surface area (Å²) in [4.78, 5) is 26.8. The Labute approximate surface area is 147 Å². The maximum absolute atomic E-state index is 13.0. The van der Waals surface area contributed by atoms with Gasteiger partial charge in [0, 0.05) is 30.7 Å². The number of carbonyl (C=O) groups is 2. The van der Waals surface area contributed by atoms with Gasteiger partial charge in [-0.25, -0.2) is 4.39 Å². The number of hydrogen-bond acceptors (Lipinski definition) is 3. The van der Waals surface area contributed by atoms with Crippen molar-refractivity contribution >= 4 is 11.8 Å². The van der Waals surface area contributed by atoms with E-state index in [0.29, 0.717) is 18.7 Å². The highest BCUT2D eigenvalue weighted by atomic mass is 19.1. The van der Waals surface area contributed by atoms with E-state index in [1.807, 2.05) is 0 Å². The van der Waals surface area contributed by atoms with Crippen molar-refractivity contribution < 1.29 is 14.0 Å². The molecule has 1 unspecified atom stereocenters. The van der Waals surface area contributed by atoms with Gasteiger partial charge in [0.05, 0.1) is 5.92 Å². The quantitative estimate of drug-likeness (QED) is 0.879. The van der Waals surface area contributed by atoms with Crippen LogP contribution in [0, 0.1) is 11.7 Å². The van der Waals surface area contributed by atoms with Gasteiger partial charge < -0.3 is 16.0 Å². The molecule has 1 saturated carbocycles. The minimum Gasteiger partial charge on any atom is -0.353 e. The van der Waals surface area contributed by atoms with Crippen LogP contribution in [-0.2, 0) is 4.79 Å². The molecule has 3 rings (SSSR count). The maximum Gasteiger partial charge on any atom is 0.253 e. The van der Waals surface area contributed by atoms with Gasteiger partial charge in [0.25, 0.3) is 5.91 Å². The molecule has 2 amide bonds. The van der Waals surface area contributed by atoms with Gasteiger partial charge in [-0.3, -0.25) is 9.59 Å². The number of hydrogen-bond donors (Lipinski definition) is 2. The van der Waals surface area contributed by atoms with Crippen LogP contribution in [0.4, 0.5) is 4.39 Å². The molecule has 0 aromatic heterocycles. The second kappa shape index (κ2) is 7.95. The van der Waals surface area contributed by atoms with E-state index in [-0.39, 0.29) is 35.6 Å². The van der Waals surface area contributed by atoms with E-state index in [2.05, 4.69) is 5.32 Å².